The highest BCUT2D eigenvalue weighted by atomic mass is 16.3. The van der Waals surface area contributed by atoms with Gasteiger partial charge >= 0.3 is 0 Å². The van der Waals surface area contributed by atoms with Gasteiger partial charge in [-0.25, -0.2) is 0 Å². The predicted octanol–water partition coefficient (Wildman–Crippen LogP) is 2.10. The lowest BCUT2D eigenvalue weighted by atomic mass is 10.2. The summed E-state index contributed by atoms with van der Waals surface area (Å²) in [6.07, 6.45) is 1.59. The van der Waals surface area contributed by atoms with Crippen LogP contribution in [-0.4, -0.2) is 0 Å². The van der Waals surface area contributed by atoms with Gasteiger partial charge in [0, 0.05) is 11.5 Å². The fraction of sp³-hybridized carbons (Fsp3) is 0. The van der Waals surface area contributed by atoms with Crippen molar-refractivity contribution in [3.05, 3.63) is 36.1 Å². The maximum Gasteiger partial charge on any atom is 0.141 e. The van der Waals surface area contributed by atoms with Crippen molar-refractivity contribution in [3.63, 3.8) is 0 Å². The Morgan fingerprint density at radius 2 is 2.45 bits per heavy atom. The molecule has 1 heterocycles. The summed E-state index contributed by atoms with van der Waals surface area (Å²) in [5.74, 6) is 0. The van der Waals surface area contributed by atoms with Crippen LogP contribution >= 0.6 is 0 Å². The van der Waals surface area contributed by atoms with Crippen LogP contribution in [0.5, 0.6) is 0 Å². The Morgan fingerprint density at radius 1 is 1.55 bits per heavy atom. The second kappa shape index (κ2) is 2.14. The van der Waals surface area contributed by atoms with Gasteiger partial charge in [0.1, 0.15) is 5.58 Å². The van der Waals surface area contributed by atoms with Crippen molar-refractivity contribution in [2.75, 3.05) is 0 Å². The Labute approximate surface area is 63.7 Å². The first kappa shape index (κ1) is 5.99. The van der Waals surface area contributed by atoms with E-state index in [1.54, 1.807) is 18.4 Å². The molecule has 1 aromatic carbocycles. The number of rotatable bonds is 0. The van der Waals surface area contributed by atoms with E-state index < -0.39 is 0 Å². The number of hydrogen-bond acceptors (Lipinski definition) is 2. The van der Waals surface area contributed by atoms with Crippen molar-refractivity contribution in [1.82, 2.24) is 0 Å². The van der Waals surface area contributed by atoms with Crippen LogP contribution in [0.2, 0.25) is 0 Å². The normalized spacial score (nSPS) is 9.73. The van der Waals surface area contributed by atoms with Crippen molar-refractivity contribution in [2.45, 2.75) is 0 Å². The zero-order valence-electron chi connectivity index (χ0n) is 5.66. The molecule has 2 heteroatoms. The Hall–Kier alpha value is -1.75. The third-order valence-corrected chi connectivity index (χ3v) is 1.49. The molecule has 0 bridgehead atoms. The fourth-order valence-electron chi connectivity index (χ4n) is 0.967. The Kier molecular flexibility index (Phi) is 1.16. The van der Waals surface area contributed by atoms with Crippen LogP contribution in [0.25, 0.3) is 11.0 Å². The highest BCUT2D eigenvalue weighted by Gasteiger charge is 1.96. The first-order valence-electron chi connectivity index (χ1n) is 3.19. The molecule has 2 aromatic rings. The van der Waals surface area contributed by atoms with Crippen LogP contribution in [0.3, 0.4) is 0 Å². The molecule has 0 unspecified atom stereocenters. The van der Waals surface area contributed by atoms with Crippen molar-refractivity contribution < 1.29 is 4.42 Å². The van der Waals surface area contributed by atoms with E-state index in [0.29, 0.717) is 11.1 Å². The summed E-state index contributed by atoms with van der Waals surface area (Å²) in [5.41, 5.74) is 1.31. The predicted molar refractivity (Wildman–Crippen MR) is 39.8 cm³/mol. The summed E-state index contributed by atoms with van der Waals surface area (Å²) in [6.45, 7) is 0. The summed E-state index contributed by atoms with van der Waals surface area (Å²) in [6, 6.07) is 10.1. The number of hydrogen-bond donors (Lipinski definition) is 0. The third kappa shape index (κ3) is 0.870. The molecule has 0 atom stereocenters. The summed E-state index contributed by atoms with van der Waals surface area (Å²) in [4.78, 5) is 0. The van der Waals surface area contributed by atoms with Crippen molar-refractivity contribution in [1.29, 1.82) is 5.26 Å². The minimum Gasteiger partial charge on any atom is -0.464 e. The minimum atomic E-state index is 0.610. The van der Waals surface area contributed by atoms with Crippen molar-refractivity contribution in [3.8, 4) is 6.07 Å². The van der Waals surface area contributed by atoms with Crippen LogP contribution < -0.4 is 0 Å². The summed E-state index contributed by atoms with van der Waals surface area (Å²) in [7, 11) is 0. The van der Waals surface area contributed by atoms with E-state index in [2.05, 4.69) is 6.07 Å². The van der Waals surface area contributed by atoms with E-state index in [-0.39, 0.29) is 0 Å². The number of fused-ring (bicyclic) bond motifs is 1. The minimum absolute atomic E-state index is 0.610. The lowest BCUT2D eigenvalue weighted by molar-refractivity contribution is 0.615. The Bertz CT molecular complexity index is 422. The van der Waals surface area contributed by atoms with Gasteiger partial charge in [0.15, 0.2) is 0 Å². The Balaban J connectivity index is 2.79. The monoisotopic (exact) mass is 142 g/mol. The topological polar surface area (TPSA) is 36.9 Å². The van der Waals surface area contributed by atoms with Gasteiger partial charge in [0.25, 0.3) is 0 Å². The van der Waals surface area contributed by atoms with Gasteiger partial charge in [0.05, 0.1) is 17.9 Å². The number of benzene rings is 1. The van der Waals surface area contributed by atoms with Crippen LogP contribution in [0.4, 0.5) is 0 Å². The molecule has 0 aliphatic rings. The summed E-state index contributed by atoms with van der Waals surface area (Å²) < 4.78 is 5.05. The summed E-state index contributed by atoms with van der Waals surface area (Å²) in [5, 5.41) is 9.45. The fourth-order valence-corrected chi connectivity index (χ4v) is 0.967. The first-order valence-corrected chi connectivity index (χ1v) is 3.19. The molecule has 2 rings (SSSR count). The van der Waals surface area contributed by atoms with Crippen LogP contribution in [0.15, 0.2) is 28.9 Å². The van der Waals surface area contributed by atoms with Gasteiger partial charge in [-0.1, -0.05) is 0 Å². The highest BCUT2D eigenvalue weighted by Crippen LogP contribution is 2.15. The molecule has 11 heavy (non-hydrogen) atoms. The molecular formula is C9H4NO. The molecule has 0 fully saturated rings. The lowest BCUT2D eigenvalue weighted by Crippen LogP contribution is -1.71. The number of nitriles is 1. The van der Waals surface area contributed by atoms with Gasteiger partial charge in [-0.3, -0.25) is 0 Å². The van der Waals surface area contributed by atoms with Gasteiger partial charge in [0.2, 0.25) is 0 Å². The zero-order valence-corrected chi connectivity index (χ0v) is 5.66. The van der Waals surface area contributed by atoms with Crippen LogP contribution in [-0.2, 0) is 0 Å². The molecule has 0 spiro atoms. The smallest absolute Gasteiger partial charge is 0.141 e. The standard InChI is InChI=1S/C9H4NO/c10-6-7-1-2-9-8(5-7)3-4-11-9/h1,3-5H. The van der Waals surface area contributed by atoms with E-state index in [1.165, 1.54) is 0 Å². The molecule has 51 valence electrons. The number of furan rings is 1. The molecule has 0 aliphatic heterocycles. The van der Waals surface area contributed by atoms with Crippen LogP contribution in [0, 0.1) is 17.4 Å². The molecule has 1 aromatic heterocycles. The maximum atomic E-state index is 8.53. The van der Waals surface area contributed by atoms with E-state index in [4.69, 9.17) is 9.68 Å². The molecule has 0 amide bonds. The van der Waals surface area contributed by atoms with Gasteiger partial charge in [-0.15, -0.1) is 0 Å². The van der Waals surface area contributed by atoms with E-state index in [9.17, 15) is 0 Å². The molecular weight excluding hydrogens is 138 g/mol. The molecule has 0 N–H and O–H groups in total. The molecule has 1 radical (unpaired) electrons. The van der Waals surface area contributed by atoms with Gasteiger partial charge in [-0.05, 0) is 18.2 Å². The van der Waals surface area contributed by atoms with E-state index in [1.807, 2.05) is 12.1 Å². The average Bonchev–Trinajstić information content (AvgIpc) is 2.50. The summed E-state index contributed by atoms with van der Waals surface area (Å²) >= 11 is 0. The zero-order chi connectivity index (χ0) is 7.68. The SMILES string of the molecule is N#Cc1c[c]c2occc2c1. The van der Waals surface area contributed by atoms with Crippen molar-refractivity contribution >= 4 is 11.0 Å². The maximum absolute atomic E-state index is 8.53. The second-order valence-electron chi connectivity index (χ2n) is 2.21. The first-order chi connectivity index (χ1) is 5.40. The molecule has 0 saturated heterocycles. The third-order valence-electron chi connectivity index (χ3n) is 1.49. The van der Waals surface area contributed by atoms with Gasteiger partial charge in [-0.2, -0.15) is 5.26 Å². The van der Waals surface area contributed by atoms with E-state index >= 15 is 0 Å². The van der Waals surface area contributed by atoms with Crippen LogP contribution in [0.1, 0.15) is 5.56 Å². The molecule has 2 nitrogen and oxygen atoms in total. The van der Waals surface area contributed by atoms with Crippen molar-refractivity contribution in [2.24, 2.45) is 0 Å². The van der Waals surface area contributed by atoms with Gasteiger partial charge < -0.3 is 4.42 Å². The quantitative estimate of drug-likeness (QED) is 0.564. The van der Waals surface area contributed by atoms with E-state index in [0.717, 1.165) is 5.39 Å². The lowest BCUT2D eigenvalue weighted by Gasteiger charge is -1.86. The Morgan fingerprint density at radius 3 is 3.27 bits per heavy atom. The second-order valence-corrected chi connectivity index (χ2v) is 2.21. The highest BCUT2D eigenvalue weighted by molar-refractivity contribution is 5.77. The largest absolute Gasteiger partial charge is 0.464 e. The molecule has 0 aliphatic carbocycles. The number of nitrogens with zero attached hydrogens (tertiary/aromatic N) is 1. The average molecular weight is 142 g/mol. The molecule has 0 saturated carbocycles.